The number of hydrogen-bond donors (Lipinski definition) is 2. The topological polar surface area (TPSA) is 64.1 Å². The molecule has 2 saturated heterocycles. The van der Waals surface area contributed by atoms with Gasteiger partial charge in [0.25, 0.3) is 0 Å². The molecule has 2 atom stereocenters. The van der Waals surface area contributed by atoms with E-state index in [4.69, 9.17) is 9.73 Å². The van der Waals surface area contributed by atoms with Crippen molar-refractivity contribution in [3.63, 3.8) is 0 Å². The van der Waals surface area contributed by atoms with E-state index in [9.17, 15) is 5.11 Å². The highest BCUT2D eigenvalue weighted by molar-refractivity contribution is 8.14. The van der Waals surface area contributed by atoms with Gasteiger partial charge in [-0.2, -0.15) is 0 Å². The molecule has 3 aliphatic heterocycles. The minimum absolute atomic E-state index is 0.285. The van der Waals surface area contributed by atoms with Crippen molar-refractivity contribution in [3.8, 4) is 0 Å². The molecule has 0 aliphatic carbocycles. The Hall–Kier alpha value is -1.54. The van der Waals surface area contributed by atoms with Crippen molar-refractivity contribution in [2.75, 3.05) is 50.6 Å². The number of fused-ring (bicyclic) bond motifs is 1. The molecule has 6 nitrogen and oxygen atoms in total. The van der Waals surface area contributed by atoms with Gasteiger partial charge in [0.05, 0.1) is 29.5 Å². The summed E-state index contributed by atoms with van der Waals surface area (Å²) in [5, 5.41) is 12.0. The van der Waals surface area contributed by atoms with E-state index < -0.39 is 0 Å². The van der Waals surface area contributed by atoms with Gasteiger partial charge in [-0.3, -0.25) is 9.89 Å². The number of thioether (sulfide) groups is 1. The third-order valence-electron chi connectivity index (χ3n) is 7.37. The van der Waals surface area contributed by atoms with Gasteiger partial charge < -0.3 is 19.7 Å². The predicted octanol–water partition coefficient (Wildman–Crippen LogP) is 3.80. The van der Waals surface area contributed by atoms with Crippen LogP contribution in [-0.2, 0) is 4.74 Å². The van der Waals surface area contributed by atoms with Crippen LogP contribution in [0.1, 0.15) is 43.4 Å². The van der Waals surface area contributed by atoms with Crippen LogP contribution in [0.25, 0.3) is 10.9 Å². The van der Waals surface area contributed by atoms with Crippen molar-refractivity contribution in [1.82, 2.24) is 9.88 Å². The highest BCUT2D eigenvalue weighted by atomic mass is 32.2. The first-order chi connectivity index (χ1) is 15.6. The molecule has 0 radical (unpaired) electrons. The fraction of sp³-hybridized carbons (Fsp3) is 0.640. The summed E-state index contributed by atoms with van der Waals surface area (Å²) in [6.45, 7) is 6.33. The second kappa shape index (κ2) is 9.75. The maximum absolute atomic E-state index is 9.57. The number of hydrogen-bond acceptors (Lipinski definition) is 6. The van der Waals surface area contributed by atoms with E-state index in [0.717, 1.165) is 68.5 Å². The Morgan fingerprint density at radius 1 is 1.25 bits per heavy atom. The number of rotatable bonds is 7. The van der Waals surface area contributed by atoms with Crippen LogP contribution in [0.5, 0.6) is 0 Å². The highest BCUT2D eigenvalue weighted by Crippen LogP contribution is 2.34. The van der Waals surface area contributed by atoms with E-state index in [1.165, 1.54) is 28.6 Å². The Balaban J connectivity index is 1.33. The largest absolute Gasteiger partial charge is 0.395 e. The highest BCUT2D eigenvalue weighted by Gasteiger charge is 2.27. The van der Waals surface area contributed by atoms with Crippen LogP contribution in [0.4, 0.5) is 5.69 Å². The summed E-state index contributed by atoms with van der Waals surface area (Å²) >= 11 is 1.88. The molecule has 0 unspecified atom stereocenters. The number of aromatic amines is 1. The molecule has 1 aromatic heterocycles. The number of nitrogens with zero attached hydrogens (tertiary/aromatic N) is 3. The third-order valence-corrected chi connectivity index (χ3v) is 8.52. The summed E-state index contributed by atoms with van der Waals surface area (Å²) < 4.78 is 5.57. The average molecular weight is 457 g/mol. The van der Waals surface area contributed by atoms with Crippen LogP contribution in [0.2, 0.25) is 0 Å². The average Bonchev–Trinajstić information content (AvgIpc) is 3.55. The molecule has 2 N–H and O–H groups in total. The molecule has 5 rings (SSSR count). The van der Waals surface area contributed by atoms with Crippen LogP contribution >= 0.6 is 11.8 Å². The standard InChI is InChI=1S/C25H36N4O2S/c1-17-12-18-14-22(27-24(18)23(13-17)28(2)20-6-10-31-11-7-20)25-26-19(16-32-25)5-9-29-8-3-4-21(29)15-30/h12-14,19-21,27,30H,3-11,15-16H2,1-2H3/t19-,21+/m0/s1. The number of nitrogens with one attached hydrogen (secondary N) is 1. The number of ether oxygens (including phenoxy) is 1. The van der Waals surface area contributed by atoms with Crippen LogP contribution in [-0.4, -0.2) is 83.9 Å². The zero-order valence-corrected chi connectivity index (χ0v) is 20.2. The summed E-state index contributed by atoms with van der Waals surface area (Å²) in [6.07, 6.45) is 5.57. The lowest BCUT2D eigenvalue weighted by Gasteiger charge is -2.33. The molecule has 7 heteroatoms. The monoisotopic (exact) mass is 456 g/mol. The molecule has 0 saturated carbocycles. The fourth-order valence-electron chi connectivity index (χ4n) is 5.46. The number of benzene rings is 1. The molecule has 2 aromatic rings. The van der Waals surface area contributed by atoms with Crippen molar-refractivity contribution >= 4 is 33.4 Å². The van der Waals surface area contributed by atoms with Crippen molar-refractivity contribution in [3.05, 3.63) is 29.5 Å². The van der Waals surface area contributed by atoms with Gasteiger partial charge in [-0.15, -0.1) is 11.8 Å². The van der Waals surface area contributed by atoms with Crippen LogP contribution < -0.4 is 4.90 Å². The molecule has 1 aromatic carbocycles. The first-order valence-corrected chi connectivity index (χ1v) is 13.1. The Bertz CT molecular complexity index is 968. The summed E-state index contributed by atoms with van der Waals surface area (Å²) in [5.74, 6) is 1.05. The second-order valence-electron chi connectivity index (χ2n) is 9.59. The van der Waals surface area contributed by atoms with Gasteiger partial charge in [0.2, 0.25) is 0 Å². The van der Waals surface area contributed by atoms with Crippen LogP contribution in [0.15, 0.2) is 23.2 Å². The molecule has 3 aliphatic rings. The number of H-pyrrole nitrogens is 1. The number of aliphatic imine (C=N–C) groups is 1. The van der Waals surface area contributed by atoms with E-state index in [-0.39, 0.29) is 6.61 Å². The number of aromatic nitrogens is 1. The number of likely N-dealkylation sites (tertiary alicyclic amines) is 1. The number of aryl methyl sites for hydroxylation is 1. The quantitative estimate of drug-likeness (QED) is 0.664. The molecule has 0 bridgehead atoms. The van der Waals surface area contributed by atoms with Gasteiger partial charge in [-0.25, -0.2) is 0 Å². The number of aliphatic hydroxyl groups excluding tert-OH is 1. The second-order valence-corrected chi connectivity index (χ2v) is 10.6. The molecular formula is C25H36N4O2S. The molecule has 0 spiro atoms. The van der Waals surface area contributed by atoms with E-state index in [2.05, 4.69) is 47.0 Å². The molecule has 4 heterocycles. The smallest absolute Gasteiger partial charge is 0.114 e. The lowest BCUT2D eigenvalue weighted by Crippen LogP contribution is -2.36. The van der Waals surface area contributed by atoms with Crippen molar-refractivity contribution in [1.29, 1.82) is 0 Å². The third kappa shape index (κ3) is 4.58. The zero-order chi connectivity index (χ0) is 22.1. The molecule has 0 amide bonds. The molecule has 174 valence electrons. The maximum atomic E-state index is 9.57. The minimum atomic E-state index is 0.285. The van der Waals surface area contributed by atoms with Crippen molar-refractivity contribution in [2.24, 2.45) is 4.99 Å². The van der Waals surface area contributed by atoms with E-state index in [0.29, 0.717) is 18.1 Å². The van der Waals surface area contributed by atoms with Gasteiger partial charge in [0.1, 0.15) is 5.04 Å². The summed E-state index contributed by atoms with van der Waals surface area (Å²) in [4.78, 5) is 13.7. The van der Waals surface area contributed by atoms with Gasteiger partial charge in [0.15, 0.2) is 0 Å². The first kappa shape index (κ1) is 22.3. The van der Waals surface area contributed by atoms with Gasteiger partial charge in [-0.1, -0.05) is 0 Å². The van der Waals surface area contributed by atoms with Crippen molar-refractivity contribution < 1.29 is 9.84 Å². The van der Waals surface area contributed by atoms with Gasteiger partial charge >= 0.3 is 0 Å². The number of anilines is 1. The zero-order valence-electron chi connectivity index (χ0n) is 19.3. The summed E-state index contributed by atoms with van der Waals surface area (Å²) in [5.41, 5.74) is 4.94. The van der Waals surface area contributed by atoms with Crippen LogP contribution in [0.3, 0.4) is 0 Å². The lowest BCUT2D eigenvalue weighted by atomic mass is 10.0. The summed E-state index contributed by atoms with van der Waals surface area (Å²) in [7, 11) is 2.22. The van der Waals surface area contributed by atoms with E-state index in [1.807, 2.05) is 11.8 Å². The fourth-order valence-corrected chi connectivity index (χ4v) is 6.54. The Morgan fingerprint density at radius 2 is 2.09 bits per heavy atom. The minimum Gasteiger partial charge on any atom is -0.395 e. The lowest BCUT2D eigenvalue weighted by molar-refractivity contribution is 0.0855. The summed E-state index contributed by atoms with van der Waals surface area (Å²) in [6, 6.07) is 8.11. The van der Waals surface area contributed by atoms with Gasteiger partial charge in [0, 0.05) is 50.0 Å². The number of aliphatic hydroxyl groups is 1. The van der Waals surface area contributed by atoms with Gasteiger partial charge in [-0.05, 0) is 69.3 Å². The Labute approximate surface area is 195 Å². The SMILES string of the molecule is Cc1cc(N(C)C2CCOCC2)c2[nH]c(C3=N[C@@H](CCN4CCC[C@@H]4CO)CS3)cc2c1. The normalized spacial score (nSPS) is 25.0. The van der Waals surface area contributed by atoms with E-state index in [1.54, 1.807) is 0 Å². The molecular weight excluding hydrogens is 420 g/mol. The van der Waals surface area contributed by atoms with Crippen molar-refractivity contribution in [2.45, 2.75) is 57.2 Å². The maximum Gasteiger partial charge on any atom is 0.114 e. The van der Waals surface area contributed by atoms with E-state index >= 15 is 0 Å². The Morgan fingerprint density at radius 3 is 2.91 bits per heavy atom. The molecule has 2 fully saturated rings. The predicted molar refractivity (Wildman–Crippen MR) is 134 cm³/mol. The first-order valence-electron chi connectivity index (χ1n) is 12.1. The Kier molecular flexibility index (Phi) is 6.79. The van der Waals surface area contributed by atoms with Crippen LogP contribution in [0, 0.1) is 6.92 Å². The molecule has 32 heavy (non-hydrogen) atoms.